The maximum absolute atomic E-state index is 2.50. The summed E-state index contributed by atoms with van der Waals surface area (Å²) in [5, 5.41) is 18.7. The normalized spacial score (nSPS) is 12.3. The quantitative estimate of drug-likeness (QED) is 0.209. The summed E-state index contributed by atoms with van der Waals surface area (Å²) in [6.07, 6.45) is 0. The zero-order valence-corrected chi connectivity index (χ0v) is 22.9. The van der Waals surface area contributed by atoms with Crippen LogP contribution in [0.1, 0.15) is 0 Å². The smallest absolute Gasteiger partial charge is 0.000741 e. The molecule has 0 nitrogen and oxygen atoms in total. The van der Waals surface area contributed by atoms with Crippen LogP contribution in [-0.4, -0.2) is 0 Å². The molecular formula is C42H24. The first-order chi connectivity index (χ1) is 20.9. The molecule has 0 bridgehead atoms. The van der Waals surface area contributed by atoms with E-state index in [1.165, 1.54) is 97.7 Å². The summed E-state index contributed by atoms with van der Waals surface area (Å²) in [6, 6.07) is 54.1. The standard InChI is InChI=1S/C42H24/c1-3-11-27(12-4-1)39-35-23-33-29-19-7-15-25-16-8-20-30(37(25)29)34(33)24-36(35)40(28-13-5-2-6-14-28)42-32-22-10-18-26-17-9-21-31(38(26)32)41(39)42/h1-24H. The fourth-order valence-electron chi connectivity index (χ4n) is 7.87. The Labute approximate surface area is 242 Å². The van der Waals surface area contributed by atoms with E-state index < -0.39 is 0 Å². The molecule has 0 heteroatoms. The molecule has 10 aromatic carbocycles. The lowest BCUT2D eigenvalue weighted by Crippen LogP contribution is -1.89. The van der Waals surface area contributed by atoms with Gasteiger partial charge < -0.3 is 0 Å². The molecule has 0 radical (unpaired) electrons. The molecule has 0 aliphatic carbocycles. The summed E-state index contributed by atoms with van der Waals surface area (Å²) in [6.45, 7) is 0. The predicted molar refractivity (Wildman–Crippen MR) is 182 cm³/mol. The van der Waals surface area contributed by atoms with Gasteiger partial charge in [-0.2, -0.15) is 0 Å². The van der Waals surface area contributed by atoms with Crippen molar-refractivity contribution < 1.29 is 0 Å². The van der Waals surface area contributed by atoms with Crippen molar-refractivity contribution in [3.05, 3.63) is 146 Å². The highest BCUT2D eigenvalue weighted by Gasteiger charge is 2.24. The first kappa shape index (κ1) is 22.3. The number of rotatable bonds is 2. The third-order valence-corrected chi connectivity index (χ3v) is 9.50. The van der Waals surface area contributed by atoms with Crippen molar-refractivity contribution in [3.63, 3.8) is 0 Å². The van der Waals surface area contributed by atoms with Gasteiger partial charge in [0.15, 0.2) is 0 Å². The minimum atomic E-state index is 1.26. The van der Waals surface area contributed by atoms with Crippen LogP contribution in [0.15, 0.2) is 146 Å². The van der Waals surface area contributed by atoms with Crippen molar-refractivity contribution in [2.45, 2.75) is 0 Å². The van der Waals surface area contributed by atoms with Gasteiger partial charge in [-0.15, -0.1) is 0 Å². The molecule has 0 N–H and O–H groups in total. The van der Waals surface area contributed by atoms with Crippen molar-refractivity contribution in [1.29, 1.82) is 0 Å². The highest BCUT2D eigenvalue weighted by Crippen LogP contribution is 2.52. The second-order valence-corrected chi connectivity index (χ2v) is 11.6. The van der Waals surface area contributed by atoms with Crippen LogP contribution in [0.25, 0.3) is 97.7 Å². The van der Waals surface area contributed by atoms with E-state index in [1.807, 2.05) is 0 Å². The highest BCUT2D eigenvalue weighted by atomic mass is 14.3. The molecule has 0 heterocycles. The monoisotopic (exact) mass is 528 g/mol. The van der Waals surface area contributed by atoms with Gasteiger partial charge in [0.05, 0.1) is 0 Å². The summed E-state index contributed by atoms with van der Waals surface area (Å²) in [5.41, 5.74) is 5.18. The summed E-state index contributed by atoms with van der Waals surface area (Å²) in [5.74, 6) is 0. The van der Waals surface area contributed by atoms with Crippen LogP contribution >= 0.6 is 0 Å². The molecule has 42 heavy (non-hydrogen) atoms. The van der Waals surface area contributed by atoms with Gasteiger partial charge in [-0.25, -0.2) is 0 Å². The van der Waals surface area contributed by atoms with Crippen LogP contribution in [0.3, 0.4) is 0 Å². The van der Waals surface area contributed by atoms with Gasteiger partial charge in [0.2, 0.25) is 0 Å². The van der Waals surface area contributed by atoms with Crippen LogP contribution in [0, 0.1) is 0 Å². The van der Waals surface area contributed by atoms with Gasteiger partial charge in [-0.1, -0.05) is 133 Å². The number of fused-ring (bicyclic) bond motifs is 7. The Morgan fingerprint density at radius 2 is 0.619 bits per heavy atom. The predicted octanol–water partition coefficient (Wildman–Crippen LogP) is 12.0. The lowest BCUT2D eigenvalue weighted by Gasteiger charge is -2.17. The Balaban J connectivity index is 1.57. The second-order valence-electron chi connectivity index (χ2n) is 11.6. The van der Waals surface area contributed by atoms with Crippen molar-refractivity contribution in [1.82, 2.24) is 0 Å². The number of hydrogen-bond donors (Lipinski definition) is 0. The van der Waals surface area contributed by atoms with Gasteiger partial charge in [0.1, 0.15) is 0 Å². The molecule has 0 spiro atoms. The van der Waals surface area contributed by atoms with E-state index in [9.17, 15) is 0 Å². The molecule has 0 aliphatic heterocycles. The summed E-state index contributed by atoms with van der Waals surface area (Å²) < 4.78 is 0. The van der Waals surface area contributed by atoms with Crippen LogP contribution in [0.5, 0.6) is 0 Å². The summed E-state index contributed by atoms with van der Waals surface area (Å²) in [4.78, 5) is 0. The van der Waals surface area contributed by atoms with E-state index in [-0.39, 0.29) is 0 Å². The molecule has 0 aliphatic rings. The molecule has 0 saturated heterocycles. The van der Waals surface area contributed by atoms with E-state index in [2.05, 4.69) is 146 Å². The minimum Gasteiger partial charge on any atom is -0.0622 e. The average molecular weight is 529 g/mol. The topological polar surface area (TPSA) is 0 Å². The van der Waals surface area contributed by atoms with Gasteiger partial charge in [0, 0.05) is 0 Å². The Morgan fingerprint density at radius 1 is 0.238 bits per heavy atom. The fourth-order valence-corrected chi connectivity index (χ4v) is 7.87. The molecule has 0 saturated carbocycles. The zero-order chi connectivity index (χ0) is 27.4. The molecule has 10 aromatic rings. The zero-order valence-electron chi connectivity index (χ0n) is 22.9. The largest absolute Gasteiger partial charge is 0.0622 e. The third-order valence-electron chi connectivity index (χ3n) is 9.50. The van der Waals surface area contributed by atoms with Gasteiger partial charge in [0.25, 0.3) is 0 Å². The molecule has 0 fully saturated rings. The van der Waals surface area contributed by atoms with Crippen molar-refractivity contribution in [2.24, 2.45) is 0 Å². The molecular weight excluding hydrogens is 504 g/mol. The lowest BCUT2D eigenvalue weighted by atomic mass is 9.85. The molecule has 0 amide bonds. The van der Waals surface area contributed by atoms with Crippen molar-refractivity contribution in [2.75, 3.05) is 0 Å². The SMILES string of the molecule is c1ccc(-c2c3cc4c(cc3c(-c3ccccc3)c3c5cccc6cccc(c23)c65)c2cccc3cccc4c32)cc1. The first-order valence-corrected chi connectivity index (χ1v) is 14.7. The van der Waals surface area contributed by atoms with Crippen molar-refractivity contribution >= 4 is 75.4 Å². The van der Waals surface area contributed by atoms with Crippen LogP contribution in [0.4, 0.5) is 0 Å². The van der Waals surface area contributed by atoms with Crippen LogP contribution < -0.4 is 0 Å². The maximum Gasteiger partial charge on any atom is -0.000741 e. The average Bonchev–Trinajstić information content (AvgIpc) is 3.55. The number of benzene rings is 8. The van der Waals surface area contributed by atoms with Crippen LogP contribution in [-0.2, 0) is 0 Å². The van der Waals surface area contributed by atoms with E-state index in [0.717, 1.165) is 0 Å². The Kier molecular flexibility index (Phi) is 4.27. The Morgan fingerprint density at radius 3 is 1.05 bits per heavy atom. The maximum atomic E-state index is 2.50. The highest BCUT2D eigenvalue weighted by molar-refractivity contribution is 6.41. The van der Waals surface area contributed by atoms with Gasteiger partial charge in [-0.3, -0.25) is 0 Å². The fraction of sp³-hybridized carbons (Fsp3) is 0. The molecule has 0 unspecified atom stereocenters. The van der Waals surface area contributed by atoms with Crippen molar-refractivity contribution in [3.8, 4) is 22.3 Å². The molecule has 192 valence electrons. The van der Waals surface area contributed by atoms with Gasteiger partial charge in [-0.05, 0) is 110 Å². The molecule has 10 rings (SSSR count). The van der Waals surface area contributed by atoms with Crippen LogP contribution in [0.2, 0.25) is 0 Å². The first-order valence-electron chi connectivity index (χ1n) is 14.7. The third kappa shape index (κ3) is 2.77. The summed E-state index contributed by atoms with van der Waals surface area (Å²) in [7, 11) is 0. The molecule has 0 aromatic heterocycles. The Bertz CT molecular complexity index is 2470. The van der Waals surface area contributed by atoms with Gasteiger partial charge >= 0.3 is 0 Å². The minimum absolute atomic E-state index is 1.26. The number of hydrogen-bond acceptors (Lipinski definition) is 0. The second kappa shape index (κ2) is 8.06. The van der Waals surface area contributed by atoms with E-state index >= 15 is 0 Å². The lowest BCUT2D eigenvalue weighted by molar-refractivity contribution is 1.68. The Hall–Kier alpha value is -5.46. The van der Waals surface area contributed by atoms with E-state index in [0.29, 0.717) is 0 Å². The van der Waals surface area contributed by atoms with E-state index in [4.69, 9.17) is 0 Å². The van der Waals surface area contributed by atoms with E-state index in [1.54, 1.807) is 0 Å². The summed E-state index contributed by atoms with van der Waals surface area (Å²) >= 11 is 0. The molecule has 0 atom stereocenters.